The summed E-state index contributed by atoms with van der Waals surface area (Å²) in [6.45, 7) is 4.68. The lowest BCUT2D eigenvalue weighted by Gasteiger charge is -2.20. The topological polar surface area (TPSA) is 117 Å². The molecule has 0 bridgehead atoms. The van der Waals surface area contributed by atoms with Gasteiger partial charge in [0, 0.05) is 19.6 Å². The minimum absolute atomic E-state index is 0.0853. The molecular weight excluding hydrogens is 818 g/mol. The molecule has 2 unspecified atom stereocenters. The van der Waals surface area contributed by atoms with Gasteiger partial charge in [0.25, 0.3) is 0 Å². The first kappa shape index (κ1) is 60.9. The van der Waals surface area contributed by atoms with Crippen molar-refractivity contribution in [1.29, 1.82) is 0 Å². The smallest absolute Gasteiger partial charge is 0.457 e. The molecule has 0 aromatic rings. The van der Waals surface area contributed by atoms with Crippen molar-refractivity contribution in [1.82, 2.24) is 0 Å². The second kappa shape index (κ2) is 50.9. The summed E-state index contributed by atoms with van der Waals surface area (Å²) in [6.07, 6.45) is 70.8. The SMILES string of the molecule is CC/C=C\C/C=C\C/C=C\C/C=C\C/C=C\C/C=C\C/C=C\CCCCCC(=O)OC(COCCCCCCCCC/C=C\C/C=C\C/C=C\CCCCC)COP(=O)(O)OCCN. The van der Waals surface area contributed by atoms with Crippen LogP contribution in [0.15, 0.2) is 122 Å². The van der Waals surface area contributed by atoms with Gasteiger partial charge in [-0.2, -0.15) is 0 Å². The first-order chi connectivity index (χ1) is 31.4. The van der Waals surface area contributed by atoms with Crippen molar-refractivity contribution in [3.63, 3.8) is 0 Å². The van der Waals surface area contributed by atoms with Crippen LogP contribution in [0, 0.1) is 0 Å². The van der Waals surface area contributed by atoms with Gasteiger partial charge in [0.15, 0.2) is 0 Å². The third-order valence-electron chi connectivity index (χ3n) is 9.86. The highest BCUT2D eigenvalue weighted by Crippen LogP contribution is 2.43. The number of nitrogens with two attached hydrogens (primary N) is 1. The molecule has 364 valence electrons. The number of esters is 1. The molecule has 0 spiro atoms. The van der Waals surface area contributed by atoms with E-state index in [2.05, 4.69) is 135 Å². The first-order valence-corrected chi connectivity index (χ1v) is 26.5. The van der Waals surface area contributed by atoms with Crippen LogP contribution < -0.4 is 5.73 Å². The zero-order valence-corrected chi connectivity index (χ0v) is 41.4. The molecule has 0 aliphatic heterocycles. The van der Waals surface area contributed by atoms with Gasteiger partial charge in [-0.1, -0.05) is 187 Å². The van der Waals surface area contributed by atoms with Crippen molar-refractivity contribution < 1.29 is 32.8 Å². The van der Waals surface area contributed by atoms with Crippen LogP contribution in [0.2, 0.25) is 0 Å². The molecule has 3 N–H and O–H groups in total. The summed E-state index contributed by atoms with van der Waals surface area (Å²) in [6, 6.07) is 0. The van der Waals surface area contributed by atoms with Gasteiger partial charge in [-0.05, 0) is 109 Å². The minimum Gasteiger partial charge on any atom is -0.457 e. The number of allylic oxidation sites excluding steroid dienone is 20. The molecule has 64 heavy (non-hydrogen) atoms. The van der Waals surface area contributed by atoms with Gasteiger partial charge in [-0.15, -0.1) is 0 Å². The van der Waals surface area contributed by atoms with E-state index in [1.807, 2.05) is 0 Å². The van der Waals surface area contributed by atoms with Crippen molar-refractivity contribution in [2.24, 2.45) is 5.73 Å². The molecule has 8 nitrogen and oxygen atoms in total. The number of hydrogen-bond donors (Lipinski definition) is 2. The van der Waals surface area contributed by atoms with Crippen LogP contribution in [-0.4, -0.2) is 49.9 Å². The number of unbranched alkanes of at least 4 members (excludes halogenated alkanes) is 13. The van der Waals surface area contributed by atoms with Gasteiger partial charge < -0.3 is 20.1 Å². The van der Waals surface area contributed by atoms with E-state index in [0.717, 1.165) is 103 Å². The fraction of sp³-hybridized carbons (Fsp3) is 0.618. The molecule has 9 heteroatoms. The van der Waals surface area contributed by atoms with Crippen LogP contribution >= 0.6 is 7.82 Å². The number of rotatable bonds is 46. The van der Waals surface area contributed by atoms with Crippen LogP contribution in [0.3, 0.4) is 0 Å². The molecule has 0 amide bonds. The summed E-state index contributed by atoms with van der Waals surface area (Å²) in [5.74, 6) is -0.371. The Hall–Kier alpha value is -3.10. The maximum absolute atomic E-state index is 12.6. The molecule has 0 aromatic heterocycles. The Morgan fingerprint density at radius 1 is 0.484 bits per heavy atom. The minimum atomic E-state index is -4.31. The Morgan fingerprint density at radius 2 is 0.875 bits per heavy atom. The molecule has 0 heterocycles. The van der Waals surface area contributed by atoms with E-state index >= 15 is 0 Å². The molecule has 0 saturated heterocycles. The lowest BCUT2D eigenvalue weighted by molar-refractivity contribution is -0.154. The molecule has 0 fully saturated rings. The Labute approximate surface area is 392 Å². The van der Waals surface area contributed by atoms with Crippen LogP contribution in [0.5, 0.6) is 0 Å². The van der Waals surface area contributed by atoms with Crippen molar-refractivity contribution in [3.05, 3.63) is 122 Å². The van der Waals surface area contributed by atoms with Crippen LogP contribution in [0.4, 0.5) is 0 Å². The maximum atomic E-state index is 12.6. The summed E-state index contributed by atoms with van der Waals surface area (Å²) < 4.78 is 33.5. The molecule has 0 rings (SSSR count). The Morgan fingerprint density at radius 3 is 1.31 bits per heavy atom. The van der Waals surface area contributed by atoms with E-state index in [0.29, 0.717) is 13.0 Å². The number of carbonyl (C=O) groups is 1. The quantitative estimate of drug-likeness (QED) is 0.0268. The number of phosphoric ester groups is 1. The average Bonchev–Trinajstić information content (AvgIpc) is 3.29. The van der Waals surface area contributed by atoms with Crippen molar-refractivity contribution >= 4 is 13.8 Å². The maximum Gasteiger partial charge on any atom is 0.472 e. The van der Waals surface area contributed by atoms with Crippen molar-refractivity contribution in [3.8, 4) is 0 Å². The zero-order chi connectivity index (χ0) is 46.5. The molecule has 2 atom stereocenters. The standard InChI is InChI=1S/C55H92NO7P/c1-3-5-7-9-11-13-15-17-19-21-23-25-26-27-28-29-30-32-34-36-38-40-42-44-46-48-55(57)63-54(53-62-64(58,59)61-51-49-56)52-60-50-47-45-43-41-39-37-35-33-31-24-22-20-18-16-14-12-10-8-6-4-2/h5,7,11-14,17-20,23-25,27-28,30-32,36,38,54H,3-4,6,8-10,15-16,21-22,26,29,33-35,37,39-53,56H2,1-2H3,(H,58,59)/b7-5-,13-11-,14-12-,19-17-,20-18-,25-23-,28-27-,31-24-,32-30-,38-36-. The Kier molecular flexibility index (Phi) is 48.4. The second-order valence-electron chi connectivity index (χ2n) is 15.9. The van der Waals surface area contributed by atoms with E-state index in [1.54, 1.807) is 0 Å². The van der Waals surface area contributed by atoms with Gasteiger partial charge in [-0.25, -0.2) is 4.57 Å². The van der Waals surface area contributed by atoms with E-state index in [1.165, 1.54) is 51.4 Å². The van der Waals surface area contributed by atoms with Gasteiger partial charge in [-0.3, -0.25) is 13.8 Å². The van der Waals surface area contributed by atoms with Gasteiger partial charge in [0.1, 0.15) is 6.10 Å². The molecule has 0 aliphatic rings. The molecule has 0 saturated carbocycles. The Balaban J connectivity index is 4.11. The van der Waals surface area contributed by atoms with Crippen molar-refractivity contribution in [2.45, 2.75) is 187 Å². The van der Waals surface area contributed by atoms with E-state index in [-0.39, 0.29) is 38.8 Å². The zero-order valence-electron chi connectivity index (χ0n) is 40.5. The molecule has 0 radical (unpaired) electrons. The predicted molar refractivity (Wildman–Crippen MR) is 274 cm³/mol. The number of carbonyl (C=O) groups excluding carboxylic acids is 1. The highest BCUT2D eigenvalue weighted by Gasteiger charge is 2.25. The normalized spacial score (nSPS) is 14.4. The third kappa shape index (κ3) is 49.9. The van der Waals surface area contributed by atoms with Gasteiger partial charge in [0.05, 0.1) is 19.8 Å². The number of ether oxygens (including phenoxy) is 2. The highest BCUT2D eigenvalue weighted by atomic mass is 31.2. The fourth-order valence-electron chi connectivity index (χ4n) is 6.22. The molecular formula is C55H92NO7P. The van der Waals surface area contributed by atoms with E-state index < -0.39 is 13.9 Å². The van der Waals surface area contributed by atoms with E-state index in [9.17, 15) is 14.3 Å². The van der Waals surface area contributed by atoms with Crippen LogP contribution in [0.1, 0.15) is 181 Å². The van der Waals surface area contributed by atoms with Crippen molar-refractivity contribution in [2.75, 3.05) is 33.0 Å². The van der Waals surface area contributed by atoms with Crippen LogP contribution in [-0.2, 0) is 27.9 Å². The number of phosphoric acid groups is 1. The fourth-order valence-corrected chi connectivity index (χ4v) is 6.98. The van der Waals surface area contributed by atoms with Gasteiger partial charge in [0.2, 0.25) is 0 Å². The van der Waals surface area contributed by atoms with Crippen LogP contribution in [0.25, 0.3) is 0 Å². The highest BCUT2D eigenvalue weighted by molar-refractivity contribution is 7.47. The summed E-state index contributed by atoms with van der Waals surface area (Å²) in [5, 5.41) is 0. The summed E-state index contributed by atoms with van der Waals surface area (Å²) in [5.41, 5.74) is 5.38. The summed E-state index contributed by atoms with van der Waals surface area (Å²) in [4.78, 5) is 22.6. The van der Waals surface area contributed by atoms with E-state index in [4.69, 9.17) is 24.3 Å². The average molecular weight is 910 g/mol. The first-order valence-electron chi connectivity index (χ1n) is 25.0. The lowest BCUT2D eigenvalue weighted by Crippen LogP contribution is -2.28. The second-order valence-corrected chi connectivity index (χ2v) is 17.4. The summed E-state index contributed by atoms with van der Waals surface area (Å²) >= 11 is 0. The van der Waals surface area contributed by atoms with Gasteiger partial charge >= 0.3 is 13.8 Å². The largest absolute Gasteiger partial charge is 0.472 e. The molecule has 0 aliphatic carbocycles. The number of hydrogen-bond acceptors (Lipinski definition) is 7. The lowest BCUT2D eigenvalue weighted by atomic mass is 10.1. The third-order valence-corrected chi connectivity index (χ3v) is 10.8. The summed E-state index contributed by atoms with van der Waals surface area (Å²) in [7, 11) is -4.31. The molecule has 0 aromatic carbocycles. The monoisotopic (exact) mass is 910 g/mol. The Bertz CT molecular complexity index is 1390. The predicted octanol–water partition coefficient (Wildman–Crippen LogP) is 15.8.